The highest BCUT2D eigenvalue weighted by Gasteiger charge is 2.19. The predicted molar refractivity (Wildman–Crippen MR) is 111 cm³/mol. The van der Waals surface area contributed by atoms with E-state index in [0.717, 1.165) is 11.1 Å². The Morgan fingerprint density at radius 2 is 1.72 bits per heavy atom. The molecule has 29 heavy (non-hydrogen) atoms. The molecule has 2 N–H and O–H groups in total. The number of nitriles is 1. The number of nitrogen functional groups attached to an aromatic ring is 1. The molecule has 0 radical (unpaired) electrons. The predicted octanol–water partition coefficient (Wildman–Crippen LogP) is 4.19. The van der Waals surface area contributed by atoms with Gasteiger partial charge in [-0.3, -0.25) is 0 Å². The second-order valence-electron chi connectivity index (χ2n) is 6.20. The molecule has 7 nitrogen and oxygen atoms in total. The van der Waals surface area contributed by atoms with Gasteiger partial charge in [-0.2, -0.15) is 14.9 Å². The second-order valence-corrected chi connectivity index (χ2v) is 6.64. The first kappa shape index (κ1) is 18.6. The van der Waals surface area contributed by atoms with Gasteiger partial charge < -0.3 is 15.2 Å². The summed E-state index contributed by atoms with van der Waals surface area (Å²) in [5.74, 6) is 1.32. The maximum absolute atomic E-state index is 9.72. The van der Waals surface area contributed by atoms with E-state index in [9.17, 15) is 5.26 Å². The van der Waals surface area contributed by atoms with Gasteiger partial charge >= 0.3 is 0 Å². The van der Waals surface area contributed by atoms with E-state index in [2.05, 4.69) is 11.2 Å². The molecule has 0 saturated carbocycles. The van der Waals surface area contributed by atoms with E-state index in [-0.39, 0.29) is 11.4 Å². The Hall–Kier alpha value is -3.76. The number of rotatable bonds is 4. The van der Waals surface area contributed by atoms with E-state index < -0.39 is 0 Å². The van der Waals surface area contributed by atoms with Crippen molar-refractivity contribution in [3.8, 4) is 40.0 Å². The molecule has 8 heteroatoms. The minimum Gasteiger partial charge on any atom is -0.493 e. The van der Waals surface area contributed by atoms with Crippen LogP contribution in [0.15, 0.2) is 48.7 Å². The molecule has 2 aromatic carbocycles. The molecule has 2 aromatic heterocycles. The summed E-state index contributed by atoms with van der Waals surface area (Å²) in [6, 6.07) is 14.8. The highest BCUT2D eigenvalue weighted by atomic mass is 35.5. The van der Waals surface area contributed by atoms with Crippen molar-refractivity contribution >= 4 is 23.1 Å². The monoisotopic (exact) mass is 405 g/mol. The smallest absolute Gasteiger partial charge is 0.165 e. The van der Waals surface area contributed by atoms with Crippen LogP contribution in [0, 0.1) is 11.3 Å². The summed E-state index contributed by atoms with van der Waals surface area (Å²) in [5, 5.41) is 14.7. The number of methoxy groups -OCH3 is 2. The van der Waals surface area contributed by atoms with Crippen molar-refractivity contribution in [3.05, 3.63) is 59.2 Å². The van der Waals surface area contributed by atoms with Crippen molar-refractivity contribution < 1.29 is 9.47 Å². The van der Waals surface area contributed by atoms with Crippen LogP contribution in [0.5, 0.6) is 11.5 Å². The Balaban J connectivity index is 1.98. The van der Waals surface area contributed by atoms with E-state index in [1.165, 1.54) is 4.52 Å². The first-order chi connectivity index (χ1) is 14.1. The molecule has 0 saturated heterocycles. The third kappa shape index (κ3) is 3.10. The van der Waals surface area contributed by atoms with Crippen molar-refractivity contribution in [1.29, 1.82) is 5.26 Å². The highest BCUT2D eigenvalue weighted by molar-refractivity contribution is 6.30. The Kier molecular flexibility index (Phi) is 4.71. The summed E-state index contributed by atoms with van der Waals surface area (Å²) in [6.45, 7) is 0. The standard InChI is InChI=1S/C21H16ClN5O2/c1-28-17-8-5-13(9-18(17)29-2)19-15(10-23)20(24)27-21(26-19)16(11-25-27)12-3-6-14(22)7-4-12/h3-9,11H,24H2,1-2H3. The number of hydrogen-bond acceptors (Lipinski definition) is 6. The lowest BCUT2D eigenvalue weighted by Crippen LogP contribution is -2.06. The molecular formula is C21H16ClN5O2. The average molecular weight is 406 g/mol. The van der Waals surface area contributed by atoms with Crippen molar-refractivity contribution in [1.82, 2.24) is 14.6 Å². The number of nitrogens with two attached hydrogens (primary N) is 1. The van der Waals surface area contributed by atoms with Crippen molar-refractivity contribution in [3.63, 3.8) is 0 Å². The van der Waals surface area contributed by atoms with E-state index in [1.807, 2.05) is 12.1 Å². The van der Waals surface area contributed by atoms with Crippen LogP contribution in [0.25, 0.3) is 28.0 Å². The number of anilines is 1. The number of aromatic nitrogens is 3. The molecule has 0 spiro atoms. The minimum atomic E-state index is 0.211. The summed E-state index contributed by atoms with van der Waals surface area (Å²) >= 11 is 6.00. The molecule has 2 heterocycles. The molecule has 4 rings (SSSR count). The largest absolute Gasteiger partial charge is 0.493 e. The van der Waals surface area contributed by atoms with Crippen LogP contribution in [0.1, 0.15) is 5.56 Å². The van der Waals surface area contributed by atoms with Gasteiger partial charge in [0.05, 0.1) is 26.1 Å². The SMILES string of the molecule is COc1ccc(-c2nc3c(-c4ccc(Cl)cc4)cnn3c(N)c2C#N)cc1OC. The normalized spacial score (nSPS) is 10.7. The number of benzene rings is 2. The molecule has 4 aromatic rings. The zero-order valence-corrected chi connectivity index (χ0v) is 16.4. The maximum Gasteiger partial charge on any atom is 0.165 e. The van der Waals surface area contributed by atoms with Gasteiger partial charge in [0, 0.05) is 16.1 Å². The summed E-state index contributed by atoms with van der Waals surface area (Å²) in [4.78, 5) is 4.74. The molecular weight excluding hydrogens is 390 g/mol. The first-order valence-corrected chi connectivity index (χ1v) is 9.00. The van der Waals surface area contributed by atoms with Crippen molar-refractivity contribution in [2.75, 3.05) is 20.0 Å². The van der Waals surface area contributed by atoms with Gasteiger partial charge in [-0.1, -0.05) is 23.7 Å². The minimum absolute atomic E-state index is 0.211. The lowest BCUT2D eigenvalue weighted by Gasteiger charge is -2.12. The number of nitrogens with zero attached hydrogens (tertiary/aromatic N) is 4. The molecule has 144 valence electrons. The molecule has 0 fully saturated rings. The van der Waals surface area contributed by atoms with Crippen LogP contribution in [0.4, 0.5) is 5.82 Å². The fraction of sp³-hybridized carbons (Fsp3) is 0.0952. The fourth-order valence-corrected chi connectivity index (χ4v) is 3.28. The molecule has 0 aliphatic rings. The van der Waals surface area contributed by atoms with Crippen LogP contribution in [-0.4, -0.2) is 28.8 Å². The van der Waals surface area contributed by atoms with Crippen LogP contribution < -0.4 is 15.2 Å². The van der Waals surface area contributed by atoms with E-state index in [1.54, 1.807) is 50.7 Å². The van der Waals surface area contributed by atoms with Gasteiger partial charge in [0.15, 0.2) is 17.1 Å². The fourth-order valence-electron chi connectivity index (χ4n) is 3.15. The van der Waals surface area contributed by atoms with Gasteiger partial charge in [-0.15, -0.1) is 0 Å². The van der Waals surface area contributed by atoms with Gasteiger partial charge in [-0.05, 0) is 35.9 Å². The lowest BCUT2D eigenvalue weighted by molar-refractivity contribution is 0.355. The number of fused-ring (bicyclic) bond motifs is 1. The Bertz CT molecular complexity index is 1260. The average Bonchev–Trinajstić information content (AvgIpc) is 3.18. The zero-order chi connectivity index (χ0) is 20.5. The Labute approximate surface area is 171 Å². The Morgan fingerprint density at radius 3 is 2.38 bits per heavy atom. The third-order valence-electron chi connectivity index (χ3n) is 4.61. The van der Waals surface area contributed by atoms with Gasteiger partial charge in [-0.25, -0.2) is 4.98 Å². The second kappa shape index (κ2) is 7.34. The van der Waals surface area contributed by atoms with Crippen LogP contribution >= 0.6 is 11.6 Å². The third-order valence-corrected chi connectivity index (χ3v) is 4.86. The number of hydrogen-bond donors (Lipinski definition) is 1. The summed E-state index contributed by atoms with van der Waals surface area (Å²) in [6.07, 6.45) is 1.67. The summed E-state index contributed by atoms with van der Waals surface area (Å²) < 4.78 is 12.1. The summed E-state index contributed by atoms with van der Waals surface area (Å²) in [5.41, 5.74) is 9.82. The van der Waals surface area contributed by atoms with Crippen LogP contribution in [0.3, 0.4) is 0 Å². The van der Waals surface area contributed by atoms with Crippen molar-refractivity contribution in [2.24, 2.45) is 0 Å². The van der Waals surface area contributed by atoms with E-state index in [0.29, 0.717) is 33.4 Å². The molecule has 0 aliphatic carbocycles. The zero-order valence-electron chi connectivity index (χ0n) is 15.7. The molecule has 0 atom stereocenters. The van der Waals surface area contributed by atoms with Crippen LogP contribution in [-0.2, 0) is 0 Å². The van der Waals surface area contributed by atoms with Gasteiger partial charge in [0.1, 0.15) is 17.5 Å². The molecule has 0 amide bonds. The van der Waals surface area contributed by atoms with Crippen LogP contribution in [0.2, 0.25) is 5.02 Å². The topological polar surface area (TPSA) is 98.5 Å². The molecule has 0 unspecified atom stereocenters. The van der Waals surface area contributed by atoms with Crippen molar-refractivity contribution in [2.45, 2.75) is 0 Å². The molecule has 0 aliphatic heterocycles. The van der Waals surface area contributed by atoms with E-state index >= 15 is 0 Å². The van der Waals surface area contributed by atoms with E-state index in [4.69, 9.17) is 31.8 Å². The maximum atomic E-state index is 9.72. The quantitative estimate of drug-likeness (QED) is 0.546. The lowest BCUT2D eigenvalue weighted by atomic mass is 10.1. The Morgan fingerprint density at radius 1 is 1.03 bits per heavy atom. The van der Waals surface area contributed by atoms with Gasteiger partial charge in [0.2, 0.25) is 0 Å². The highest BCUT2D eigenvalue weighted by Crippen LogP contribution is 2.35. The van der Waals surface area contributed by atoms with Gasteiger partial charge in [0.25, 0.3) is 0 Å². The molecule has 0 bridgehead atoms. The number of ether oxygens (including phenoxy) is 2. The number of halogens is 1. The first-order valence-electron chi connectivity index (χ1n) is 8.63. The summed E-state index contributed by atoms with van der Waals surface area (Å²) in [7, 11) is 3.11.